The van der Waals surface area contributed by atoms with E-state index in [1.165, 1.54) is 12.1 Å². The second-order valence-corrected chi connectivity index (χ2v) is 10.7. The van der Waals surface area contributed by atoms with Gasteiger partial charge in [0.05, 0.1) is 0 Å². The van der Waals surface area contributed by atoms with Gasteiger partial charge in [-0.25, -0.2) is 9.18 Å². The highest BCUT2D eigenvalue weighted by Crippen LogP contribution is 2.41. The third-order valence-electron chi connectivity index (χ3n) is 7.47. The van der Waals surface area contributed by atoms with Crippen molar-refractivity contribution in [2.75, 3.05) is 11.9 Å². The molecule has 0 unspecified atom stereocenters. The van der Waals surface area contributed by atoms with E-state index in [9.17, 15) is 18.8 Å². The second kappa shape index (κ2) is 10.4. The van der Waals surface area contributed by atoms with E-state index in [0.717, 1.165) is 41.0 Å². The molecule has 1 N–H and O–H groups in total. The van der Waals surface area contributed by atoms with E-state index < -0.39 is 17.5 Å². The summed E-state index contributed by atoms with van der Waals surface area (Å²) in [6.07, 6.45) is 3.77. The standard InChI is InChI=1S/C29H36FN3O3/c1-19(2)23-12-9-13-24(20(3)4)26(23)31-25(34)18-32-27(35)29(14-6-5-7-15-29)33(28(32)36)17-21-10-8-11-22(30)16-21/h8-13,16,19-20H,5-7,14-15,17-18H2,1-4H3,(H,31,34). The Balaban J connectivity index is 1.60. The fraction of sp³-hybridized carbons (Fsp3) is 0.483. The number of amides is 4. The van der Waals surface area contributed by atoms with Crippen molar-refractivity contribution in [1.29, 1.82) is 0 Å². The quantitative estimate of drug-likeness (QED) is 0.469. The Morgan fingerprint density at radius 1 is 0.972 bits per heavy atom. The average Bonchev–Trinajstić information content (AvgIpc) is 3.01. The Bertz CT molecular complexity index is 1130. The molecule has 1 aliphatic carbocycles. The summed E-state index contributed by atoms with van der Waals surface area (Å²) in [5.41, 5.74) is 2.45. The van der Waals surface area contributed by atoms with Crippen LogP contribution in [-0.2, 0) is 16.1 Å². The Morgan fingerprint density at radius 2 is 1.58 bits per heavy atom. The Kier molecular flexibility index (Phi) is 7.48. The fourth-order valence-electron chi connectivity index (χ4n) is 5.60. The van der Waals surface area contributed by atoms with E-state index in [4.69, 9.17) is 0 Å². The molecule has 4 rings (SSSR count). The van der Waals surface area contributed by atoms with Crippen molar-refractivity contribution in [3.63, 3.8) is 0 Å². The number of nitrogens with zero attached hydrogens (tertiary/aromatic N) is 2. The number of carbonyl (C=O) groups is 3. The maximum atomic E-state index is 13.8. The van der Waals surface area contributed by atoms with E-state index >= 15 is 0 Å². The van der Waals surface area contributed by atoms with Crippen LogP contribution < -0.4 is 5.32 Å². The molecule has 0 aromatic heterocycles. The monoisotopic (exact) mass is 493 g/mol. The number of hydrogen-bond donors (Lipinski definition) is 1. The van der Waals surface area contributed by atoms with E-state index in [2.05, 4.69) is 33.0 Å². The Hall–Kier alpha value is -3.22. The zero-order chi connectivity index (χ0) is 26.0. The predicted octanol–water partition coefficient (Wildman–Crippen LogP) is 6.18. The van der Waals surface area contributed by atoms with Crippen LogP contribution in [0, 0.1) is 5.82 Å². The number of urea groups is 1. The van der Waals surface area contributed by atoms with Gasteiger partial charge in [0.1, 0.15) is 17.9 Å². The molecule has 2 aliphatic rings. The normalized spacial score (nSPS) is 17.5. The number of nitrogens with one attached hydrogen (secondary N) is 1. The molecule has 1 heterocycles. The molecule has 0 atom stereocenters. The van der Waals surface area contributed by atoms with Crippen LogP contribution in [0.4, 0.5) is 14.9 Å². The molecule has 7 heteroatoms. The molecule has 1 saturated heterocycles. The van der Waals surface area contributed by atoms with Crippen LogP contribution >= 0.6 is 0 Å². The second-order valence-electron chi connectivity index (χ2n) is 10.7. The van der Waals surface area contributed by atoms with E-state index in [-0.39, 0.29) is 36.6 Å². The average molecular weight is 494 g/mol. The van der Waals surface area contributed by atoms with Gasteiger partial charge in [0, 0.05) is 12.2 Å². The fourth-order valence-corrected chi connectivity index (χ4v) is 5.60. The summed E-state index contributed by atoms with van der Waals surface area (Å²) in [6.45, 7) is 8.07. The first kappa shape index (κ1) is 25.9. The van der Waals surface area contributed by atoms with Gasteiger partial charge in [-0.2, -0.15) is 0 Å². The molecule has 0 radical (unpaired) electrons. The minimum atomic E-state index is -0.971. The van der Waals surface area contributed by atoms with Gasteiger partial charge in [0.15, 0.2) is 0 Å². The first-order valence-corrected chi connectivity index (χ1v) is 12.9. The van der Waals surface area contributed by atoms with Gasteiger partial charge >= 0.3 is 6.03 Å². The minimum absolute atomic E-state index is 0.133. The number of hydrogen-bond acceptors (Lipinski definition) is 3. The highest BCUT2D eigenvalue weighted by Gasteiger charge is 2.57. The summed E-state index contributed by atoms with van der Waals surface area (Å²) in [5, 5.41) is 3.02. The smallest absolute Gasteiger partial charge is 0.324 e. The minimum Gasteiger partial charge on any atom is -0.324 e. The lowest BCUT2D eigenvalue weighted by Gasteiger charge is -2.38. The maximum absolute atomic E-state index is 13.8. The highest BCUT2D eigenvalue weighted by atomic mass is 19.1. The highest BCUT2D eigenvalue weighted by molar-refractivity contribution is 6.10. The van der Waals surface area contributed by atoms with Crippen LogP contribution in [0.25, 0.3) is 0 Å². The SMILES string of the molecule is CC(C)c1cccc(C(C)C)c1NC(=O)CN1C(=O)N(Cc2cccc(F)c2)C2(CCCCC2)C1=O. The van der Waals surface area contributed by atoms with Gasteiger partial charge in [-0.1, -0.05) is 77.3 Å². The summed E-state index contributed by atoms with van der Waals surface area (Å²) in [7, 11) is 0. The van der Waals surface area contributed by atoms with Crippen molar-refractivity contribution >= 4 is 23.5 Å². The molecular formula is C29H36FN3O3. The molecule has 4 amide bonds. The van der Waals surface area contributed by atoms with Gasteiger partial charge in [-0.05, 0) is 53.5 Å². The molecule has 36 heavy (non-hydrogen) atoms. The zero-order valence-corrected chi connectivity index (χ0v) is 21.6. The summed E-state index contributed by atoms with van der Waals surface area (Å²) >= 11 is 0. The number of imide groups is 1. The lowest BCUT2D eigenvalue weighted by Crippen LogP contribution is -2.50. The van der Waals surface area contributed by atoms with Crippen molar-refractivity contribution in [1.82, 2.24) is 9.80 Å². The van der Waals surface area contributed by atoms with Crippen molar-refractivity contribution < 1.29 is 18.8 Å². The van der Waals surface area contributed by atoms with Gasteiger partial charge in [0.2, 0.25) is 5.91 Å². The van der Waals surface area contributed by atoms with E-state index in [0.29, 0.717) is 18.4 Å². The summed E-state index contributed by atoms with van der Waals surface area (Å²) in [4.78, 5) is 43.2. The van der Waals surface area contributed by atoms with Gasteiger partial charge in [-0.3, -0.25) is 14.5 Å². The maximum Gasteiger partial charge on any atom is 0.328 e. The number of anilines is 1. The first-order valence-electron chi connectivity index (χ1n) is 12.9. The molecule has 1 saturated carbocycles. The summed E-state index contributed by atoms with van der Waals surface area (Å²) < 4.78 is 13.8. The van der Waals surface area contributed by atoms with Crippen LogP contribution in [0.2, 0.25) is 0 Å². The predicted molar refractivity (Wildman–Crippen MR) is 138 cm³/mol. The molecule has 6 nitrogen and oxygen atoms in total. The van der Waals surface area contributed by atoms with Gasteiger partial charge < -0.3 is 10.2 Å². The van der Waals surface area contributed by atoms with Gasteiger partial charge in [-0.15, -0.1) is 0 Å². The van der Waals surface area contributed by atoms with Crippen LogP contribution in [-0.4, -0.2) is 39.7 Å². The van der Waals surface area contributed by atoms with Crippen molar-refractivity contribution in [3.05, 3.63) is 65.0 Å². The van der Waals surface area contributed by atoms with Crippen molar-refractivity contribution in [3.8, 4) is 0 Å². The number of para-hydroxylation sites is 1. The van der Waals surface area contributed by atoms with E-state index in [1.807, 2.05) is 18.2 Å². The number of rotatable bonds is 7. The zero-order valence-electron chi connectivity index (χ0n) is 21.6. The summed E-state index contributed by atoms with van der Waals surface area (Å²) in [6, 6.07) is 11.6. The van der Waals surface area contributed by atoms with Crippen LogP contribution in [0.1, 0.15) is 88.3 Å². The lowest BCUT2D eigenvalue weighted by molar-refractivity contribution is -0.137. The number of carbonyl (C=O) groups excluding carboxylic acids is 3. The first-order chi connectivity index (χ1) is 17.1. The number of benzene rings is 2. The molecule has 192 valence electrons. The number of halogens is 1. The molecule has 2 aromatic rings. The topological polar surface area (TPSA) is 69.7 Å². The van der Waals surface area contributed by atoms with Crippen molar-refractivity contribution in [2.24, 2.45) is 0 Å². The molecule has 2 aromatic carbocycles. The van der Waals surface area contributed by atoms with Crippen LogP contribution in [0.3, 0.4) is 0 Å². The van der Waals surface area contributed by atoms with Gasteiger partial charge in [0.25, 0.3) is 5.91 Å². The largest absolute Gasteiger partial charge is 0.328 e. The molecule has 2 fully saturated rings. The molecule has 1 spiro atoms. The van der Waals surface area contributed by atoms with Crippen LogP contribution in [0.15, 0.2) is 42.5 Å². The Morgan fingerprint density at radius 3 is 2.17 bits per heavy atom. The van der Waals surface area contributed by atoms with E-state index in [1.54, 1.807) is 17.0 Å². The lowest BCUT2D eigenvalue weighted by atomic mass is 9.80. The van der Waals surface area contributed by atoms with Crippen molar-refractivity contribution in [2.45, 2.75) is 83.7 Å². The third kappa shape index (κ3) is 4.88. The Labute approximate surface area is 212 Å². The van der Waals surface area contributed by atoms with Crippen LogP contribution in [0.5, 0.6) is 0 Å². The third-order valence-corrected chi connectivity index (χ3v) is 7.47. The molecule has 1 aliphatic heterocycles. The molecule has 0 bridgehead atoms. The summed E-state index contributed by atoms with van der Waals surface area (Å²) in [5.74, 6) is -0.711. The molecular weight excluding hydrogens is 457 g/mol.